The first-order valence-electron chi connectivity index (χ1n) is 12.3. The summed E-state index contributed by atoms with van der Waals surface area (Å²) in [6.07, 6.45) is 0.570. The predicted octanol–water partition coefficient (Wildman–Crippen LogP) is -0.383. The molecule has 8 heteroatoms. The lowest BCUT2D eigenvalue weighted by molar-refractivity contribution is -0.318. The van der Waals surface area contributed by atoms with E-state index in [9.17, 15) is 20.4 Å². The normalized spacial score (nSPS) is 62.4. The van der Waals surface area contributed by atoms with Crippen LogP contribution in [0.25, 0.3) is 0 Å². The van der Waals surface area contributed by atoms with Gasteiger partial charge in [0, 0.05) is 62.9 Å². The summed E-state index contributed by atoms with van der Waals surface area (Å²) >= 11 is 0. The lowest BCUT2D eigenvalue weighted by Gasteiger charge is -2.69. The van der Waals surface area contributed by atoms with Gasteiger partial charge in [-0.25, -0.2) is 0 Å². The van der Waals surface area contributed by atoms with E-state index in [-0.39, 0.29) is 42.5 Å². The van der Waals surface area contributed by atoms with E-state index in [0.29, 0.717) is 32.4 Å². The molecule has 5 aliphatic carbocycles. The SMILES string of the molecule is CCN1C[C@]2(CO)CC[C@H](O)[C@]34C1[C@](O)([C@@H](OC)[C@H]23)[C@@]1(O)C[C@H](OC)[C@H]2C[C@@H]4[C@@H]1[C@H]2OC. The molecule has 0 aromatic carbocycles. The van der Waals surface area contributed by atoms with E-state index in [2.05, 4.69) is 11.8 Å². The first-order valence-corrected chi connectivity index (χ1v) is 12.3. The zero-order valence-electron chi connectivity index (χ0n) is 19.6. The Morgan fingerprint density at radius 2 is 1.84 bits per heavy atom. The molecule has 6 fully saturated rings. The van der Waals surface area contributed by atoms with Crippen molar-refractivity contribution in [1.82, 2.24) is 4.90 Å². The number of hydrogen-bond donors (Lipinski definition) is 4. The van der Waals surface area contributed by atoms with Gasteiger partial charge in [0.1, 0.15) is 11.2 Å². The number of fused-ring (bicyclic) bond motifs is 2. The van der Waals surface area contributed by atoms with Crippen LogP contribution in [0, 0.1) is 34.5 Å². The van der Waals surface area contributed by atoms with Crippen molar-refractivity contribution < 1.29 is 34.6 Å². The third-order valence-electron chi connectivity index (χ3n) is 11.4. The second-order valence-corrected chi connectivity index (χ2v) is 11.6. The summed E-state index contributed by atoms with van der Waals surface area (Å²) < 4.78 is 18.0. The number of rotatable bonds is 5. The number of methoxy groups -OCH3 is 3. The van der Waals surface area contributed by atoms with Crippen LogP contribution in [0.5, 0.6) is 0 Å². The molecule has 5 saturated carbocycles. The van der Waals surface area contributed by atoms with Crippen LogP contribution in [0.15, 0.2) is 0 Å². The molecule has 6 aliphatic rings. The molecule has 4 N–H and O–H groups in total. The van der Waals surface area contributed by atoms with Crippen molar-refractivity contribution in [3.63, 3.8) is 0 Å². The lowest BCUT2D eigenvalue weighted by atomic mass is 9.42. The molecule has 0 aromatic heterocycles. The van der Waals surface area contributed by atoms with E-state index in [0.717, 1.165) is 6.42 Å². The molecule has 32 heavy (non-hydrogen) atoms. The van der Waals surface area contributed by atoms with Gasteiger partial charge in [0.15, 0.2) is 0 Å². The van der Waals surface area contributed by atoms with Crippen molar-refractivity contribution in [3.8, 4) is 0 Å². The van der Waals surface area contributed by atoms with Gasteiger partial charge >= 0.3 is 0 Å². The standard InChI is InChI=1S/C24H39NO7/c1-5-25-10-21(11-26)7-6-15(27)23-13-8-12-14(30-2)9-22(28,16(13)17(12)31-3)24(29,20(23)25)19(32-4)18(21)23/h12-20,26-29H,5-11H2,1-4H3/t12-,13-,14+,15+,16-,17+,18-,19+,20?,21+,22-,23+,24-/m1/s1. The van der Waals surface area contributed by atoms with Crippen LogP contribution < -0.4 is 0 Å². The summed E-state index contributed by atoms with van der Waals surface area (Å²) in [5.74, 6) is -0.488. The third-order valence-corrected chi connectivity index (χ3v) is 11.4. The van der Waals surface area contributed by atoms with Crippen molar-refractivity contribution in [2.45, 2.75) is 74.3 Å². The molecule has 1 heterocycles. The van der Waals surface area contributed by atoms with Crippen LogP contribution >= 0.6 is 0 Å². The summed E-state index contributed by atoms with van der Waals surface area (Å²) in [6.45, 7) is 3.36. The molecule has 0 radical (unpaired) electrons. The summed E-state index contributed by atoms with van der Waals surface area (Å²) in [7, 11) is 4.95. The van der Waals surface area contributed by atoms with E-state index in [1.54, 1.807) is 21.3 Å². The van der Waals surface area contributed by atoms with E-state index in [1.807, 2.05) is 0 Å². The molecule has 1 saturated heterocycles. The maximum atomic E-state index is 12.8. The average molecular weight is 454 g/mol. The van der Waals surface area contributed by atoms with Gasteiger partial charge in [-0.2, -0.15) is 0 Å². The number of aliphatic hydroxyl groups is 4. The second-order valence-electron chi connectivity index (χ2n) is 11.6. The Labute approximate surface area is 189 Å². The van der Waals surface area contributed by atoms with Crippen molar-refractivity contribution in [2.75, 3.05) is 41.0 Å². The molecule has 1 aliphatic heterocycles. The summed E-state index contributed by atoms with van der Waals surface area (Å²) in [5, 5.41) is 48.0. The van der Waals surface area contributed by atoms with Gasteiger partial charge in [-0.05, 0) is 31.7 Å². The Hall–Kier alpha value is -0.320. The minimum Gasteiger partial charge on any atom is -0.396 e. The van der Waals surface area contributed by atoms with Gasteiger partial charge in [0.05, 0.1) is 37.1 Å². The van der Waals surface area contributed by atoms with Crippen LogP contribution in [0.2, 0.25) is 0 Å². The van der Waals surface area contributed by atoms with Crippen molar-refractivity contribution >= 4 is 0 Å². The number of aliphatic hydroxyl groups excluding tert-OH is 2. The minimum absolute atomic E-state index is 0.0149. The maximum absolute atomic E-state index is 12.8. The fourth-order valence-electron chi connectivity index (χ4n) is 10.7. The Morgan fingerprint density at radius 3 is 2.44 bits per heavy atom. The third kappa shape index (κ3) is 1.96. The fourth-order valence-corrected chi connectivity index (χ4v) is 10.7. The molecule has 1 unspecified atom stereocenters. The predicted molar refractivity (Wildman–Crippen MR) is 114 cm³/mol. The van der Waals surface area contributed by atoms with E-state index >= 15 is 0 Å². The van der Waals surface area contributed by atoms with E-state index in [1.165, 1.54) is 0 Å². The number of likely N-dealkylation sites (N-methyl/N-ethyl adjacent to an activating group) is 1. The molecule has 182 valence electrons. The smallest absolute Gasteiger partial charge is 0.136 e. The number of nitrogens with zero attached hydrogens (tertiary/aromatic N) is 1. The molecular weight excluding hydrogens is 414 g/mol. The Balaban J connectivity index is 1.68. The molecule has 13 atom stereocenters. The highest BCUT2D eigenvalue weighted by Crippen LogP contribution is 2.80. The van der Waals surface area contributed by atoms with Gasteiger partial charge in [0.2, 0.25) is 0 Å². The second kappa shape index (κ2) is 6.66. The fraction of sp³-hybridized carbons (Fsp3) is 1.00. The van der Waals surface area contributed by atoms with Crippen molar-refractivity contribution in [3.05, 3.63) is 0 Å². The Morgan fingerprint density at radius 1 is 1.09 bits per heavy atom. The first-order chi connectivity index (χ1) is 15.3. The van der Waals surface area contributed by atoms with Gasteiger partial charge in [-0.1, -0.05) is 6.92 Å². The Bertz CT molecular complexity index is 798. The topological polar surface area (TPSA) is 112 Å². The number of likely N-dealkylation sites (tertiary alicyclic amines) is 1. The Kier molecular flexibility index (Phi) is 4.62. The molecule has 1 spiro atoms. The highest BCUT2D eigenvalue weighted by atomic mass is 16.5. The minimum atomic E-state index is -1.60. The molecular formula is C24H39NO7. The van der Waals surface area contributed by atoms with Crippen molar-refractivity contribution in [1.29, 1.82) is 0 Å². The van der Waals surface area contributed by atoms with Gasteiger partial charge < -0.3 is 34.6 Å². The average Bonchev–Trinajstić information content (AvgIpc) is 3.21. The summed E-state index contributed by atoms with van der Waals surface area (Å²) in [4.78, 5) is 2.23. The number of ether oxygens (including phenoxy) is 3. The quantitative estimate of drug-likeness (QED) is 0.446. The molecule has 7 bridgehead atoms. The summed E-state index contributed by atoms with van der Waals surface area (Å²) in [6, 6.07) is -0.442. The molecule has 0 amide bonds. The van der Waals surface area contributed by atoms with E-state index in [4.69, 9.17) is 14.2 Å². The number of hydrogen-bond acceptors (Lipinski definition) is 8. The zero-order valence-corrected chi connectivity index (χ0v) is 19.6. The van der Waals surface area contributed by atoms with Gasteiger partial charge in [0.25, 0.3) is 0 Å². The van der Waals surface area contributed by atoms with Crippen LogP contribution in [0.3, 0.4) is 0 Å². The lowest BCUT2D eigenvalue weighted by Crippen LogP contribution is -2.82. The molecule has 8 nitrogen and oxygen atoms in total. The molecule has 6 rings (SSSR count). The van der Waals surface area contributed by atoms with E-state index < -0.39 is 40.3 Å². The van der Waals surface area contributed by atoms with Crippen LogP contribution in [0.4, 0.5) is 0 Å². The molecule has 0 aromatic rings. The van der Waals surface area contributed by atoms with Crippen LogP contribution in [0.1, 0.15) is 32.6 Å². The monoisotopic (exact) mass is 453 g/mol. The van der Waals surface area contributed by atoms with Gasteiger partial charge in [-0.15, -0.1) is 0 Å². The highest BCUT2D eigenvalue weighted by Gasteiger charge is 2.91. The number of piperidine rings is 1. The zero-order chi connectivity index (χ0) is 22.8. The first kappa shape index (κ1) is 22.2. The van der Waals surface area contributed by atoms with Crippen LogP contribution in [-0.4, -0.2) is 108 Å². The van der Waals surface area contributed by atoms with Crippen LogP contribution in [-0.2, 0) is 14.2 Å². The maximum Gasteiger partial charge on any atom is 0.136 e. The van der Waals surface area contributed by atoms with Crippen molar-refractivity contribution in [2.24, 2.45) is 34.5 Å². The highest BCUT2D eigenvalue weighted by molar-refractivity contribution is 5.41. The van der Waals surface area contributed by atoms with Gasteiger partial charge in [-0.3, -0.25) is 4.90 Å². The largest absolute Gasteiger partial charge is 0.396 e. The summed E-state index contributed by atoms with van der Waals surface area (Å²) in [5.41, 5.74) is -4.23.